The van der Waals surface area contributed by atoms with Gasteiger partial charge in [0.05, 0.1) is 6.26 Å². The van der Waals surface area contributed by atoms with Crippen molar-refractivity contribution >= 4 is 17.4 Å². The summed E-state index contributed by atoms with van der Waals surface area (Å²) in [7, 11) is 0. The molecular formula is C17H16ClNO2. The van der Waals surface area contributed by atoms with Crippen LogP contribution in [0.25, 0.3) is 0 Å². The van der Waals surface area contributed by atoms with E-state index < -0.39 is 0 Å². The van der Waals surface area contributed by atoms with Crippen LogP contribution in [0.5, 0.6) is 0 Å². The van der Waals surface area contributed by atoms with Crippen molar-refractivity contribution in [1.82, 2.24) is 5.32 Å². The molecule has 0 saturated heterocycles. The lowest BCUT2D eigenvalue weighted by Crippen LogP contribution is -2.21. The normalized spacial score (nSPS) is 18.4. The Morgan fingerprint density at radius 2 is 2.05 bits per heavy atom. The molecule has 1 atom stereocenters. The van der Waals surface area contributed by atoms with E-state index >= 15 is 0 Å². The van der Waals surface area contributed by atoms with Crippen molar-refractivity contribution in [2.45, 2.75) is 25.3 Å². The lowest BCUT2D eigenvalue weighted by Gasteiger charge is -2.20. The Hall–Kier alpha value is -2.00. The molecule has 108 valence electrons. The first-order chi connectivity index (χ1) is 10.2. The van der Waals surface area contributed by atoms with E-state index in [1.807, 2.05) is 36.4 Å². The Morgan fingerprint density at radius 3 is 2.76 bits per heavy atom. The molecule has 4 heteroatoms. The van der Waals surface area contributed by atoms with Gasteiger partial charge in [-0.2, -0.15) is 0 Å². The Balaban J connectivity index is 1.68. The first-order valence-corrected chi connectivity index (χ1v) is 7.32. The summed E-state index contributed by atoms with van der Waals surface area (Å²) < 4.78 is 5.41. The second-order valence-electron chi connectivity index (χ2n) is 5.21. The summed E-state index contributed by atoms with van der Waals surface area (Å²) in [4.78, 5) is 11.9. The van der Waals surface area contributed by atoms with E-state index in [1.165, 1.54) is 0 Å². The molecular weight excluding hydrogens is 286 g/mol. The van der Waals surface area contributed by atoms with Crippen molar-refractivity contribution in [3.8, 4) is 0 Å². The fraction of sp³-hybridized carbons (Fsp3) is 0.235. The highest BCUT2D eigenvalue weighted by atomic mass is 35.5. The minimum Gasteiger partial charge on any atom is -0.469 e. The van der Waals surface area contributed by atoms with Gasteiger partial charge in [-0.1, -0.05) is 29.8 Å². The highest BCUT2D eigenvalue weighted by Gasteiger charge is 2.23. The predicted octanol–water partition coefficient (Wildman–Crippen LogP) is 4.05. The number of Topliss-reactive ketones (excluding diaryl/α,β-unsaturated/α-hetero) is 1. The van der Waals surface area contributed by atoms with Crippen LogP contribution in [0.3, 0.4) is 0 Å². The number of halogens is 1. The summed E-state index contributed by atoms with van der Waals surface area (Å²) in [5.74, 6) is 1.11. The molecule has 0 saturated carbocycles. The van der Waals surface area contributed by atoms with Gasteiger partial charge < -0.3 is 9.73 Å². The fourth-order valence-corrected chi connectivity index (χ4v) is 2.64. The van der Waals surface area contributed by atoms with Gasteiger partial charge in [0, 0.05) is 36.0 Å². The summed E-state index contributed by atoms with van der Waals surface area (Å²) in [6.07, 6.45) is 4.71. The number of hydrogen-bond donors (Lipinski definition) is 1. The SMILES string of the molecule is O=C1CC(NCc2ccc(Cl)cc2)=CC(c2ccco2)C1. The first kappa shape index (κ1) is 14.0. The Bertz CT molecular complexity index is 644. The third-order valence-electron chi connectivity index (χ3n) is 3.58. The number of carbonyl (C=O) groups excluding carboxylic acids is 1. The van der Waals surface area contributed by atoms with Crippen molar-refractivity contribution in [3.63, 3.8) is 0 Å². The predicted molar refractivity (Wildman–Crippen MR) is 82.1 cm³/mol. The summed E-state index contributed by atoms with van der Waals surface area (Å²) in [5, 5.41) is 4.06. The molecule has 0 bridgehead atoms. The molecule has 3 nitrogen and oxygen atoms in total. The minimum absolute atomic E-state index is 0.0361. The first-order valence-electron chi connectivity index (χ1n) is 6.95. The van der Waals surface area contributed by atoms with E-state index in [-0.39, 0.29) is 11.7 Å². The summed E-state index contributed by atoms with van der Waals surface area (Å²) >= 11 is 5.87. The number of furan rings is 1. The van der Waals surface area contributed by atoms with Gasteiger partial charge in [0.2, 0.25) is 0 Å². The van der Waals surface area contributed by atoms with Gasteiger partial charge in [-0.3, -0.25) is 4.79 Å². The molecule has 2 aromatic rings. The minimum atomic E-state index is 0.0361. The maximum absolute atomic E-state index is 11.9. The highest BCUT2D eigenvalue weighted by Crippen LogP contribution is 2.28. The van der Waals surface area contributed by atoms with E-state index in [9.17, 15) is 4.79 Å². The topological polar surface area (TPSA) is 42.2 Å². The molecule has 0 amide bonds. The van der Waals surface area contributed by atoms with Crippen LogP contribution in [-0.4, -0.2) is 5.78 Å². The maximum Gasteiger partial charge on any atom is 0.139 e. The quantitative estimate of drug-likeness (QED) is 0.926. The zero-order valence-corrected chi connectivity index (χ0v) is 12.3. The van der Waals surface area contributed by atoms with Crippen molar-refractivity contribution in [3.05, 3.63) is 70.8 Å². The molecule has 1 N–H and O–H groups in total. The molecule has 1 aromatic carbocycles. The fourth-order valence-electron chi connectivity index (χ4n) is 2.51. The second-order valence-corrected chi connectivity index (χ2v) is 5.65. The maximum atomic E-state index is 11.9. The number of hydrogen-bond acceptors (Lipinski definition) is 3. The molecule has 1 aliphatic rings. The average molecular weight is 302 g/mol. The number of nitrogens with one attached hydrogen (secondary N) is 1. The van der Waals surface area contributed by atoms with Crippen LogP contribution in [0.15, 0.2) is 58.9 Å². The van der Waals surface area contributed by atoms with Crippen molar-refractivity contribution in [2.75, 3.05) is 0 Å². The number of ketones is 1. The number of rotatable bonds is 4. The van der Waals surface area contributed by atoms with E-state index in [4.69, 9.17) is 16.0 Å². The highest BCUT2D eigenvalue weighted by molar-refractivity contribution is 6.30. The number of benzene rings is 1. The van der Waals surface area contributed by atoms with Gasteiger partial charge in [0.25, 0.3) is 0 Å². The van der Waals surface area contributed by atoms with Gasteiger partial charge in [0.1, 0.15) is 11.5 Å². The van der Waals surface area contributed by atoms with E-state index in [2.05, 4.69) is 11.4 Å². The summed E-state index contributed by atoms with van der Waals surface area (Å²) in [5.41, 5.74) is 2.09. The molecule has 0 spiro atoms. The van der Waals surface area contributed by atoms with Crippen LogP contribution < -0.4 is 5.32 Å². The third kappa shape index (κ3) is 3.56. The molecule has 0 fully saturated rings. The van der Waals surface area contributed by atoms with E-state index in [0.717, 1.165) is 22.0 Å². The largest absolute Gasteiger partial charge is 0.469 e. The van der Waals surface area contributed by atoms with Crippen molar-refractivity contribution in [2.24, 2.45) is 0 Å². The van der Waals surface area contributed by atoms with Crippen molar-refractivity contribution in [1.29, 1.82) is 0 Å². The van der Waals surface area contributed by atoms with Gasteiger partial charge in [0.15, 0.2) is 0 Å². The lowest BCUT2D eigenvalue weighted by atomic mass is 9.90. The average Bonchev–Trinajstić information content (AvgIpc) is 3.00. The molecule has 1 aromatic heterocycles. The Labute approximate surface area is 128 Å². The molecule has 0 radical (unpaired) electrons. The second kappa shape index (κ2) is 6.19. The number of allylic oxidation sites excluding steroid dienone is 2. The number of carbonyl (C=O) groups is 1. The van der Waals surface area contributed by atoms with Crippen LogP contribution in [0.2, 0.25) is 5.02 Å². The van der Waals surface area contributed by atoms with Gasteiger partial charge >= 0.3 is 0 Å². The van der Waals surface area contributed by atoms with Crippen LogP contribution in [0.4, 0.5) is 0 Å². The third-order valence-corrected chi connectivity index (χ3v) is 3.83. The Morgan fingerprint density at radius 1 is 1.24 bits per heavy atom. The van der Waals surface area contributed by atoms with Crippen LogP contribution in [-0.2, 0) is 11.3 Å². The molecule has 1 heterocycles. The molecule has 21 heavy (non-hydrogen) atoms. The smallest absolute Gasteiger partial charge is 0.139 e. The summed E-state index contributed by atoms with van der Waals surface area (Å²) in [6, 6.07) is 11.4. The van der Waals surface area contributed by atoms with Crippen LogP contribution >= 0.6 is 11.6 Å². The monoisotopic (exact) mass is 301 g/mol. The molecule has 0 aliphatic heterocycles. The Kier molecular flexibility index (Phi) is 4.11. The molecule has 3 rings (SSSR count). The van der Waals surface area contributed by atoms with Crippen LogP contribution in [0.1, 0.15) is 30.1 Å². The molecule has 1 aliphatic carbocycles. The zero-order valence-electron chi connectivity index (χ0n) is 11.5. The zero-order chi connectivity index (χ0) is 14.7. The standard InChI is InChI=1S/C17H16ClNO2/c18-14-5-3-12(4-6-14)11-19-15-8-13(9-16(20)10-15)17-2-1-7-21-17/h1-8,13,19H,9-11H2. The lowest BCUT2D eigenvalue weighted by molar-refractivity contribution is -0.119. The van der Waals surface area contributed by atoms with E-state index in [1.54, 1.807) is 6.26 Å². The van der Waals surface area contributed by atoms with Crippen LogP contribution in [0, 0.1) is 0 Å². The van der Waals surface area contributed by atoms with Gasteiger partial charge in [-0.05, 0) is 29.8 Å². The van der Waals surface area contributed by atoms with E-state index in [0.29, 0.717) is 19.4 Å². The van der Waals surface area contributed by atoms with Gasteiger partial charge in [-0.15, -0.1) is 0 Å². The van der Waals surface area contributed by atoms with Gasteiger partial charge in [-0.25, -0.2) is 0 Å². The van der Waals surface area contributed by atoms with Crippen molar-refractivity contribution < 1.29 is 9.21 Å². The molecule has 1 unspecified atom stereocenters. The summed E-state index contributed by atoms with van der Waals surface area (Å²) in [6.45, 7) is 0.682.